The Kier molecular flexibility index (Phi) is 5.64. The molecule has 18 heavy (non-hydrogen) atoms. The molecular weight excluding hydrogens is 224 g/mol. The van der Waals surface area contributed by atoms with E-state index >= 15 is 0 Å². The fourth-order valence-electron chi connectivity index (χ4n) is 2.37. The van der Waals surface area contributed by atoms with Crippen LogP contribution in [0.2, 0.25) is 0 Å². The van der Waals surface area contributed by atoms with Gasteiger partial charge in [-0.25, -0.2) is 0 Å². The van der Waals surface area contributed by atoms with E-state index in [1.807, 2.05) is 0 Å². The second-order valence-corrected chi connectivity index (χ2v) is 6.70. The summed E-state index contributed by atoms with van der Waals surface area (Å²) in [5, 5.41) is 6.53. The number of hydrogen-bond donors (Lipinski definition) is 2. The van der Waals surface area contributed by atoms with Crippen LogP contribution in [0.25, 0.3) is 0 Å². The highest BCUT2D eigenvalue weighted by Gasteiger charge is 2.37. The first-order chi connectivity index (χ1) is 8.35. The molecule has 0 bridgehead atoms. The van der Waals surface area contributed by atoms with Crippen LogP contribution in [0, 0.1) is 23.2 Å². The molecule has 0 saturated carbocycles. The van der Waals surface area contributed by atoms with E-state index in [-0.39, 0.29) is 11.3 Å². The van der Waals surface area contributed by atoms with Gasteiger partial charge in [0.25, 0.3) is 0 Å². The first kappa shape index (κ1) is 15.5. The Morgan fingerprint density at radius 2 is 2.06 bits per heavy atom. The molecule has 1 saturated heterocycles. The molecule has 1 aliphatic heterocycles. The molecule has 3 heteroatoms. The van der Waals surface area contributed by atoms with Gasteiger partial charge in [-0.1, -0.05) is 34.6 Å². The van der Waals surface area contributed by atoms with Crippen LogP contribution in [0.4, 0.5) is 0 Å². The summed E-state index contributed by atoms with van der Waals surface area (Å²) >= 11 is 0. The van der Waals surface area contributed by atoms with Crippen LogP contribution in [0.3, 0.4) is 0 Å². The van der Waals surface area contributed by atoms with Gasteiger partial charge >= 0.3 is 0 Å². The molecule has 2 unspecified atom stereocenters. The number of amides is 1. The standard InChI is InChI=1S/C15H30N2O/c1-11(2)12(3)9-17-14(18)15(4,5)13-7-6-8-16-10-13/h11-13,16H,6-10H2,1-5H3,(H,17,18). The molecule has 106 valence electrons. The normalized spacial score (nSPS) is 22.9. The van der Waals surface area contributed by atoms with E-state index in [9.17, 15) is 4.79 Å². The number of carbonyl (C=O) groups is 1. The second kappa shape index (κ2) is 6.55. The fraction of sp³-hybridized carbons (Fsp3) is 0.933. The predicted molar refractivity (Wildman–Crippen MR) is 76.4 cm³/mol. The lowest BCUT2D eigenvalue weighted by molar-refractivity contribution is -0.132. The molecule has 1 amide bonds. The van der Waals surface area contributed by atoms with Crippen molar-refractivity contribution in [3.05, 3.63) is 0 Å². The molecule has 0 aromatic heterocycles. The highest BCUT2D eigenvalue weighted by molar-refractivity contribution is 5.82. The van der Waals surface area contributed by atoms with Crippen molar-refractivity contribution in [2.75, 3.05) is 19.6 Å². The zero-order valence-corrected chi connectivity index (χ0v) is 12.7. The number of hydrogen-bond acceptors (Lipinski definition) is 2. The molecule has 0 aromatic rings. The van der Waals surface area contributed by atoms with Gasteiger partial charge in [0, 0.05) is 12.0 Å². The Balaban J connectivity index is 2.48. The predicted octanol–water partition coefficient (Wildman–Crippen LogP) is 2.42. The van der Waals surface area contributed by atoms with Crippen molar-refractivity contribution in [1.82, 2.24) is 10.6 Å². The maximum atomic E-state index is 12.4. The SMILES string of the molecule is CC(C)C(C)CNC(=O)C(C)(C)C1CCCNC1. The average Bonchev–Trinajstić information content (AvgIpc) is 2.36. The van der Waals surface area contributed by atoms with E-state index in [0.717, 1.165) is 26.1 Å². The lowest BCUT2D eigenvalue weighted by Crippen LogP contribution is -2.48. The third-order valence-electron chi connectivity index (χ3n) is 4.63. The molecule has 2 atom stereocenters. The van der Waals surface area contributed by atoms with Crippen molar-refractivity contribution in [3.63, 3.8) is 0 Å². The van der Waals surface area contributed by atoms with Gasteiger partial charge < -0.3 is 10.6 Å². The summed E-state index contributed by atoms with van der Waals surface area (Å²) in [7, 11) is 0. The van der Waals surface area contributed by atoms with Gasteiger partial charge in [0.15, 0.2) is 0 Å². The molecule has 1 aliphatic rings. The summed E-state index contributed by atoms with van der Waals surface area (Å²) in [6.45, 7) is 13.6. The van der Waals surface area contributed by atoms with E-state index in [2.05, 4.69) is 45.3 Å². The highest BCUT2D eigenvalue weighted by atomic mass is 16.2. The smallest absolute Gasteiger partial charge is 0.225 e. The van der Waals surface area contributed by atoms with Crippen molar-refractivity contribution in [3.8, 4) is 0 Å². The van der Waals surface area contributed by atoms with Crippen molar-refractivity contribution < 1.29 is 4.79 Å². The summed E-state index contributed by atoms with van der Waals surface area (Å²) in [5.74, 6) is 1.82. The average molecular weight is 254 g/mol. The van der Waals surface area contributed by atoms with Gasteiger partial charge in [-0.2, -0.15) is 0 Å². The summed E-state index contributed by atoms with van der Waals surface area (Å²) in [4.78, 5) is 12.4. The molecule has 0 radical (unpaired) electrons. The van der Waals surface area contributed by atoms with Gasteiger partial charge in [-0.3, -0.25) is 4.79 Å². The van der Waals surface area contributed by atoms with E-state index in [1.54, 1.807) is 0 Å². The van der Waals surface area contributed by atoms with Crippen molar-refractivity contribution in [2.24, 2.45) is 23.2 Å². The Morgan fingerprint density at radius 1 is 1.39 bits per heavy atom. The zero-order valence-electron chi connectivity index (χ0n) is 12.7. The second-order valence-electron chi connectivity index (χ2n) is 6.70. The van der Waals surface area contributed by atoms with E-state index in [0.29, 0.717) is 17.8 Å². The Hall–Kier alpha value is -0.570. The molecule has 1 heterocycles. The molecule has 3 nitrogen and oxygen atoms in total. The number of piperidine rings is 1. The number of rotatable bonds is 5. The third-order valence-corrected chi connectivity index (χ3v) is 4.63. The summed E-state index contributed by atoms with van der Waals surface area (Å²) in [5.41, 5.74) is -0.260. The van der Waals surface area contributed by atoms with Crippen LogP contribution < -0.4 is 10.6 Å². The van der Waals surface area contributed by atoms with Crippen molar-refractivity contribution >= 4 is 5.91 Å². The van der Waals surface area contributed by atoms with Crippen molar-refractivity contribution in [2.45, 2.75) is 47.5 Å². The Bertz CT molecular complexity index is 268. The minimum absolute atomic E-state index is 0.212. The van der Waals surface area contributed by atoms with Gasteiger partial charge in [-0.05, 0) is 43.7 Å². The van der Waals surface area contributed by atoms with Gasteiger partial charge in [0.2, 0.25) is 5.91 Å². The molecule has 1 fully saturated rings. The van der Waals surface area contributed by atoms with E-state index < -0.39 is 0 Å². The van der Waals surface area contributed by atoms with Crippen LogP contribution in [-0.4, -0.2) is 25.5 Å². The summed E-state index contributed by atoms with van der Waals surface area (Å²) in [6.07, 6.45) is 2.34. The molecule has 1 rings (SSSR count). The molecular formula is C15H30N2O. The van der Waals surface area contributed by atoms with Crippen LogP contribution in [0.15, 0.2) is 0 Å². The fourth-order valence-corrected chi connectivity index (χ4v) is 2.37. The monoisotopic (exact) mass is 254 g/mol. The molecule has 0 spiro atoms. The van der Waals surface area contributed by atoms with Crippen LogP contribution in [-0.2, 0) is 4.79 Å². The lowest BCUT2D eigenvalue weighted by atomic mass is 9.74. The van der Waals surface area contributed by atoms with Crippen LogP contribution in [0.1, 0.15) is 47.5 Å². The van der Waals surface area contributed by atoms with Crippen LogP contribution in [0.5, 0.6) is 0 Å². The van der Waals surface area contributed by atoms with Gasteiger partial charge in [0.05, 0.1) is 0 Å². The first-order valence-corrected chi connectivity index (χ1v) is 7.34. The van der Waals surface area contributed by atoms with E-state index in [1.165, 1.54) is 6.42 Å². The van der Waals surface area contributed by atoms with Gasteiger partial charge in [-0.15, -0.1) is 0 Å². The maximum absolute atomic E-state index is 12.4. The molecule has 0 aromatic carbocycles. The lowest BCUT2D eigenvalue weighted by Gasteiger charge is -2.36. The number of nitrogens with one attached hydrogen (secondary N) is 2. The largest absolute Gasteiger partial charge is 0.355 e. The minimum atomic E-state index is -0.260. The Morgan fingerprint density at radius 3 is 2.56 bits per heavy atom. The zero-order chi connectivity index (χ0) is 13.8. The summed E-state index contributed by atoms with van der Waals surface area (Å²) < 4.78 is 0. The van der Waals surface area contributed by atoms with Gasteiger partial charge in [0.1, 0.15) is 0 Å². The highest BCUT2D eigenvalue weighted by Crippen LogP contribution is 2.31. The summed E-state index contributed by atoms with van der Waals surface area (Å²) in [6, 6.07) is 0. The van der Waals surface area contributed by atoms with E-state index in [4.69, 9.17) is 0 Å². The quantitative estimate of drug-likeness (QED) is 0.791. The maximum Gasteiger partial charge on any atom is 0.225 e. The Labute approximate surface area is 112 Å². The topological polar surface area (TPSA) is 41.1 Å². The third kappa shape index (κ3) is 3.98. The molecule has 2 N–H and O–H groups in total. The molecule has 0 aliphatic carbocycles. The van der Waals surface area contributed by atoms with Crippen molar-refractivity contribution in [1.29, 1.82) is 0 Å². The first-order valence-electron chi connectivity index (χ1n) is 7.34. The van der Waals surface area contributed by atoms with Crippen LogP contribution >= 0.6 is 0 Å². The number of carbonyl (C=O) groups excluding carboxylic acids is 1. The minimum Gasteiger partial charge on any atom is -0.355 e.